The fraction of sp³-hybridized carbons (Fsp3) is 0.387. The van der Waals surface area contributed by atoms with Gasteiger partial charge in [-0.2, -0.15) is 26.3 Å². The second-order valence-corrected chi connectivity index (χ2v) is 10.4. The first-order chi connectivity index (χ1) is 20.7. The lowest BCUT2D eigenvalue weighted by Gasteiger charge is -2.39. The molecule has 3 atom stereocenters. The van der Waals surface area contributed by atoms with Gasteiger partial charge in [-0.1, -0.05) is 36.4 Å². The van der Waals surface area contributed by atoms with Crippen LogP contribution < -0.4 is 11.1 Å². The summed E-state index contributed by atoms with van der Waals surface area (Å²) in [6.45, 7) is 2.89. The SMILES string of the molecule is CO[C@H](C)c1cc(C(F)(F)F)cc(C(F)(F)F)c1.NC(=O)CN1C[C@@H](CNC(=O)c2ccccn2)CC[C@H]1c1ccccc1. The third-order valence-corrected chi connectivity index (χ3v) is 7.21. The molecule has 1 fully saturated rings. The Hall–Kier alpha value is -3.97. The van der Waals surface area contributed by atoms with Crippen LogP contribution in [0.3, 0.4) is 0 Å². The zero-order valence-corrected chi connectivity index (χ0v) is 24.2. The Balaban J connectivity index is 0.000000259. The fourth-order valence-electron chi connectivity index (χ4n) is 4.89. The van der Waals surface area contributed by atoms with Gasteiger partial charge in [0, 0.05) is 32.4 Å². The number of hydrogen-bond acceptors (Lipinski definition) is 5. The maximum Gasteiger partial charge on any atom is 0.416 e. The van der Waals surface area contributed by atoms with E-state index in [2.05, 4.69) is 27.3 Å². The zero-order chi connectivity index (χ0) is 32.5. The number of aromatic nitrogens is 1. The van der Waals surface area contributed by atoms with Gasteiger partial charge in [0.05, 0.1) is 23.8 Å². The summed E-state index contributed by atoms with van der Waals surface area (Å²) in [7, 11) is 1.21. The van der Waals surface area contributed by atoms with Crippen molar-refractivity contribution in [2.45, 2.75) is 44.3 Å². The highest BCUT2D eigenvalue weighted by molar-refractivity contribution is 5.92. The molecule has 2 heterocycles. The number of carbonyl (C=O) groups excluding carboxylic acids is 2. The van der Waals surface area contributed by atoms with Gasteiger partial charge in [0.1, 0.15) is 5.69 Å². The molecule has 0 radical (unpaired) electrons. The predicted molar refractivity (Wildman–Crippen MR) is 151 cm³/mol. The van der Waals surface area contributed by atoms with Gasteiger partial charge in [0.25, 0.3) is 5.91 Å². The Kier molecular flexibility index (Phi) is 11.9. The van der Waals surface area contributed by atoms with Crippen molar-refractivity contribution in [1.82, 2.24) is 15.2 Å². The van der Waals surface area contributed by atoms with Gasteiger partial charge in [-0.3, -0.25) is 19.5 Å². The average Bonchev–Trinajstić information content (AvgIpc) is 2.99. The van der Waals surface area contributed by atoms with Crippen LogP contribution in [0.15, 0.2) is 72.9 Å². The third-order valence-electron chi connectivity index (χ3n) is 7.21. The van der Waals surface area contributed by atoms with Crippen LogP contribution in [0, 0.1) is 5.92 Å². The maximum atomic E-state index is 12.5. The van der Waals surface area contributed by atoms with E-state index in [1.54, 1.807) is 24.4 Å². The van der Waals surface area contributed by atoms with Crippen LogP contribution in [0.1, 0.15) is 64.7 Å². The number of alkyl halides is 6. The molecule has 1 aliphatic heterocycles. The highest BCUT2D eigenvalue weighted by atomic mass is 19.4. The number of primary amides is 1. The van der Waals surface area contributed by atoms with Crippen LogP contribution in [0.2, 0.25) is 0 Å². The number of rotatable bonds is 8. The number of piperidine rings is 1. The lowest BCUT2D eigenvalue weighted by atomic mass is 9.89. The number of nitrogens with one attached hydrogen (secondary N) is 1. The molecule has 0 aliphatic carbocycles. The van der Waals surface area contributed by atoms with E-state index in [9.17, 15) is 35.9 Å². The molecule has 4 rings (SSSR count). The average molecular weight is 625 g/mol. The van der Waals surface area contributed by atoms with E-state index in [0.717, 1.165) is 19.4 Å². The molecular weight excluding hydrogens is 590 g/mol. The van der Waals surface area contributed by atoms with Crippen molar-refractivity contribution in [2.75, 3.05) is 26.7 Å². The second kappa shape index (κ2) is 15.2. The quantitative estimate of drug-likeness (QED) is 0.292. The highest BCUT2D eigenvalue weighted by Crippen LogP contribution is 2.38. The first-order valence-electron chi connectivity index (χ1n) is 13.8. The number of ether oxygens (including phenoxy) is 1. The number of likely N-dealkylation sites (tertiary alicyclic amines) is 1. The van der Waals surface area contributed by atoms with Gasteiger partial charge in [-0.25, -0.2) is 0 Å². The Morgan fingerprint density at radius 1 is 0.977 bits per heavy atom. The topological polar surface area (TPSA) is 97.5 Å². The molecular formula is C31H34F6N4O3. The molecule has 2 amide bonds. The molecule has 1 aliphatic rings. The van der Waals surface area contributed by atoms with Gasteiger partial charge in [-0.05, 0) is 67.1 Å². The fourth-order valence-corrected chi connectivity index (χ4v) is 4.89. The number of benzene rings is 2. The van der Waals surface area contributed by atoms with Crippen molar-refractivity contribution in [3.05, 3.63) is 101 Å². The van der Waals surface area contributed by atoms with Crippen LogP contribution in [-0.2, 0) is 21.9 Å². The van der Waals surface area contributed by atoms with E-state index in [0.29, 0.717) is 24.4 Å². The van der Waals surface area contributed by atoms with Gasteiger partial charge in [-0.15, -0.1) is 0 Å². The first-order valence-corrected chi connectivity index (χ1v) is 13.8. The summed E-state index contributed by atoms with van der Waals surface area (Å²) < 4.78 is 79.7. The second-order valence-electron chi connectivity index (χ2n) is 10.4. The maximum absolute atomic E-state index is 12.5. The summed E-state index contributed by atoms with van der Waals surface area (Å²) in [6.07, 6.45) is -6.99. The summed E-state index contributed by atoms with van der Waals surface area (Å²) >= 11 is 0. The normalized spacial score (nSPS) is 18.1. The van der Waals surface area contributed by atoms with E-state index in [1.165, 1.54) is 19.6 Å². The van der Waals surface area contributed by atoms with Crippen molar-refractivity contribution < 1.29 is 40.7 Å². The molecule has 3 N–H and O–H groups in total. The van der Waals surface area contributed by atoms with Crippen LogP contribution in [0.5, 0.6) is 0 Å². The number of nitrogens with zero attached hydrogens (tertiary/aromatic N) is 2. The Bertz CT molecular complexity index is 1340. The first kappa shape index (κ1) is 34.5. The smallest absolute Gasteiger partial charge is 0.377 e. The largest absolute Gasteiger partial charge is 0.416 e. The van der Waals surface area contributed by atoms with Crippen molar-refractivity contribution in [3.63, 3.8) is 0 Å². The van der Waals surface area contributed by atoms with Crippen molar-refractivity contribution in [2.24, 2.45) is 11.7 Å². The predicted octanol–water partition coefficient (Wildman–Crippen LogP) is 6.18. The number of methoxy groups -OCH3 is 1. The molecule has 44 heavy (non-hydrogen) atoms. The molecule has 13 heteroatoms. The summed E-state index contributed by atoms with van der Waals surface area (Å²) in [5, 5.41) is 2.95. The number of nitrogens with two attached hydrogens (primary N) is 1. The molecule has 0 bridgehead atoms. The molecule has 3 aromatic rings. The summed E-state index contributed by atoms with van der Waals surface area (Å²) in [4.78, 5) is 29.9. The third kappa shape index (κ3) is 10.1. The van der Waals surface area contributed by atoms with E-state index in [-0.39, 0.29) is 41.9 Å². The van der Waals surface area contributed by atoms with Crippen LogP contribution in [0.25, 0.3) is 0 Å². The van der Waals surface area contributed by atoms with E-state index in [1.807, 2.05) is 18.2 Å². The Morgan fingerprint density at radius 3 is 2.11 bits per heavy atom. The monoisotopic (exact) mass is 624 g/mol. The molecule has 0 spiro atoms. The van der Waals surface area contributed by atoms with Crippen LogP contribution >= 0.6 is 0 Å². The molecule has 0 saturated carbocycles. The van der Waals surface area contributed by atoms with E-state index >= 15 is 0 Å². The zero-order valence-electron chi connectivity index (χ0n) is 24.2. The Morgan fingerprint density at radius 2 is 1.59 bits per heavy atom. The number of carbonyl (C=O) groups is 2. The molecule has 7 nitrogen and oxygen atoms in total. The van der Waals surface area contributed by atoms with Gasteiger partial charge < -0.3 is 15.8 Å². The van der Waals surface area contributed by atoms with Gasteiger partial charge in [0.2, 0.25) is 5.91 Å². The minimum Gasteiger partial charge on any atom is -0.377 e. The molecule has 1 aromatic heterocycles. The molecule has 1 saturated heterocycles. The highest BCUT2D eigenvalue weighted by Gasteiger charge is 2.37. The Labute approximate surface area is 251 Å². The van der Waals surface area contributed by atoms with Crippen molar-refractivity contribution in [1.29, 1.82) is 0 Å². The number of hydrogen-bond donors (Lipinski definition) is 2. The number of pyridine rings is 1. The van der Waals surface area contributed by atoms with Crippen molar-refractivity contribution >= 4 is 11.8 Å². The number of halogens is 6. The summed E-state index contributed by atoms with van der Waals surface area (Å²) in [6, 6.07) is 17.0. The van der Waals surface area contributed by atoms with Crippen LogP contribution in [-0.4, -0.2) is 48.4 Å². The lowest BCUT2D eigenvalue weighted by Crippen LogP contribution is -2.45. The molecule has 238 valence electrons. The van der Waals surface area contributed by atoms with Gasteiger partial charge in [0.15, 0.2) is 0 Å². The molecule has 2 aromatic carbocycles. The minimum atomic E-state index is -4.83. The van der Waals surface area contributed by atoms with E-state index < -0.39 is 29.6 Å². The lowest BCUT2D eigenvalue weighted by molar-refractivity contribution is -0.143. The van der Waals surface area contributed by atoms with Crippen LogP contribution in [0.4, 0.5) is 26.3 Å². The van der Waals surface area contributed by atoms with Crippen molar-refractivity contribution in [3.8, 4) is 0 Å². The summed E-state index contributed by atoms with van der Waals surface area (Å²) in [5.41, 5.74) is 4.22. The van der Waals surface area contributed by atoms with E-state index in [4.69, 9.17) is 10.5 Å². The molecule has 0 unspecified atom stereocenters. The van der Waals surface area contributed by atoms with Gasteiger partial charge >= 0.3 is 12.4 Å². The summed E-state index contributed by atoms with van der Waals surface area (Å²) in [5.74, 6) is -0.219. The standard InChI is InChI=1S/C20H24N4O2.C11H10F6O/c21-19(25)14-24-13-15(9-10-18(24)16-6-2-1-3-7-16)12-23-20(26)17-8-4-5-11-22-17;1-6(18-2)7-3-8(10(12,13)14)5-9(4-7)11(15,16)17/h1-8,11,15,18H,9-10,12-14H2,(H2,21,25)(H,23,26);3-6H,1-2H3/t15-,18+;6-/m11/s1. The number of amides is 2. The minimum absolute atomic E-state index is 0.0892.